The topological polar surface area (TPSA) is 26.7 Å². The zero-order valence-corrected chi connectivity index (χ0v) is 8.38. The fraction of sp³-hybridized carbons (Fsp3) is 1.00. The Labute approximate surface area is 75.0 Å². The van der Waals surface area contributed by atoms with Gasteiger partial charge in [-0.25, -0.2) is 0 Å². The summed E-state index contributed by atoms with van der Waals surface area (Å²) in [6.45, 7) is 2.93. The molecule has 0 unspecified atom stereocenters. The maximum Gasteiger partial charge on any atom is 0.0776 e. The minimum Gasteiger partial charge on any atom is -0.389 e. The molecule has 0 heterocycles. The zero-order chi connectivity index (χ0) is 9.19. The second-order valence-corrected chi connectivity index (χ2v) is 4.27. The van der Waals surface area contributed by atoms with E-state index >= 15 is 0 Å². The maximum absolute atomic E-state index is 9.61. The fourth-order valence-corrected chi connectivity index (χ4v) is 1.25. The molecule has 1 aliphatic rings. The van der Waals surface area contributed by atoms with Crippen molar-refractivity contribution in [2.75, 3.05) is 40.8 Å². The molecule has 0 bridgehead atoms. The molecular weight excluding hydrogens is 152 g/mol. The number of aliphatic hydroxyl groups is 1. The summed E-state index contributed by atoms with van der Waals surface area (Å²) in [7, 11) is 6.21. The lowest BCUT2D eigenvalue weighted by molar-refractivity contribution is 0.101. The predicted octanol–water partition coefficient (Wildman–Crippen LogP) is 0.00470. The standard InChI is InChI=1S/C9H20N2O/c1-10(2)6-7-11(3)8-9(12)4-5-9/h12H,4-8H2,1-3H3. The molecule has 1 rings (SSSR count). The van der Waals surface area contributed by atoms with Crippen molar-refractivity contribution in [3.8, 4) is 0 Å². The van der Waals surface area contributed by atoms with Gasteiger partial charge >= 0.3 is 0 Å². The lowest BCUT2D eigenvalue weighted by Crippen LogP contribution is -2.35. The van der Waals surface area contributed by atoms with Gasteiger partial charge in [-0.2, -0.15) is 0 Å². The largest absolute Gasteiger partial charge is 0.389 e. The van der Waals surface area contributed by atoms with Crippen LogP contribution >= 0.6 is 0 Å². The number of rotatable bonds is 5. The number of hydrogen-bond donors (Lipinski definition) is 1. The third-order valence-electron chi connectivity index (χ3n) is 2.32. The fourth-order valence-electron chi connectivity index (χ4n) is 1.25. The molecule has 1 saturated carbocycles. The van der Waals surface area contributed by atoms with Crippen LogP contribution in [0.5, 0.6) is 0 Å². The Bertz CT molecular complexity index is 143. The molecule has 1 N–H and O–H groups in total. The van der Waals surface area contributed by atoms with Crippen LogP contribution in [0, 0.1) is 0 Å². The minimum atomic E-state index is -0.332. The van der Waals surface area contributed by atoms with Crippen LogP contribution in [0.25, 0.3) is 0 Å². The molecule has 0 aromatic heterocycles. The highest BCUT2D eigenvalue weighted by Gasteiger charge is 2.40. The zero-order valence-electron chi connectivity index (χ0n) is 8.38. The molecule has 0 radical (unpaired) electrons. The Morgan fingerprint density at radius 2 is 1.75 bits per heavy atom. The van der Waals surface area contributed by atoms with E-state index < -0.39 is 0 Å². The van der Waals surface area contributed by atoms with Gasteiger partial charge in [-0.3, -0.25) is 0 Å². The molecule has 0 aromatic carbocycles. The average molecular weight is 172 g/mol. The van der Waals surface area contributed by atoms with Crippen LogP contribution in [-0.4, -0.2) is 61.3 Å². The van der Waals surface area contributed by atoms with E-state index in [1.807, 2.05) is 0 Å². The number of likely N-dealkylation sites (N-methyl/N-ethyl adjacent to an activating group) is 2. The van der Waals surface area contributed by atoms with E-state index in [1.54, 1.807) is 0 Å². The van der Waals surface area contributed by atoms with E-state index in [0.717, 1.165) is 32.5 Å². The third kappa shape index (κ3) is 3.52. The summed E-state index contributed by atoms with van der Waals surface area (Å²) in [5.41, 5.74) is -0.332. The summed E-state index contributed by atoms with van der Waals surface area (Å²) in [5.74, 6) is 0. The van der Waals surface area contributed by atoms with E-state index in [1.165, 1.54) is 0 Å². The first-order valence-corrected chi connectivity index (χ1v) is 4.57. The highest BCUT2D eigenvalue weighted by atomic mass is 16.3. The summed E-state index contributed by atoms with van der Waals surface area (Å²) < 4.78 is 0. The molecule has 0 aliphatic heterocycles. The van der Waals surface area contributed by atoms with Crippen LogP contribution in [0.4, 0.5) is 0 Å². The van der Waals surface area contributed by atoms with Crippen LogP contribution in [0.15, 0.2) is 0 Å². The summed E-state index contributed by atoms with van der Waals surface area (Å²) in [6, 6.07) is 0. The summed E-state index contributed by atoms with van der Waals surface area (Å²) in [4.78, 5) is 4.36. The van der Waals surface area contributed by atoms with Crippen LogP contribution in [0.1, 0.15) is 12.8 Å². The summed E-state index contributed by atoms with van der Waals surface area (Å²) in [6.07, 6.45) is 1.97. The van der Waals surface area contributed by atoms with E-state index in [0.29, 0.717) is 0 Å². The Morgan fingerprint density at radius 3 is 2.17 bits per heavy atom. The molecule has 1 aliphatic carbocycles. The first kappa shape index (κ1) is 9.96. The molecule has 3 nitrogen and oxygen atoms in total. The first-order valence-electron chi connectivity index (χ1n) is 4.57. The lowest BCUT2D eigenvalue weighted by atomic mass is 10.3. The monoisotopic (exact) mass is 172 g/mol. The smallest absolute Gasteiger partial charge is 0.0776 e. The van der Waals surface area contributed by atoms with Gasteiger partial charge in [0.1, 0.15) is 0 Å². The van der Waals surface area contributed by atoms with Gasteiger partial charge in [0.2, 0.25) is 0 Å². The highest BCUT2D eigenvalue weighted by Crippen LogP contribution is 2.35. The molecule has 0 spiro atoms. The molecule has 12 heavy (non-hydrogen) atoms. The molecule has 0 saturated heterocycles. The van der Waals surface area contributed by atoms with Gasteiger partial charge in [0.05, 0.1) is 5.60 Å². The molecule has 0 amide bonds. The SMILES string of the molecule is CN(C)CCN(C)CC1(O)CC1. The average Bonchev–Trinajstić information content (AvgIpc) is 2.64. The van der Waals surface area contributed by atoms with Gasteiger partial charge in [0, 0.05) is 19.6 Å². The van der Waals surface area contributed by atoms with E-state index in [-0.39, 0.29) is 5.60 Å². The molecule has 3 heteroatoms. The van der Waals surface area contributed by atoms with Crippen molar-refractivity contribution in [2.45, 2.75) is 18.4 Å². The van der Waals surface area contributed by atoms with Gasteiger partial charge in [0.25, 0.3) is 0 Å². The van der Waals surface area contributed by atoms with Crippen molar-refractivity contribution >= 4 is 0 Å². The van der Waals surface area contributed by atoms with E-state index in [4.69, 9.17) is 0 Å². The first-order chi connectivity index (χ1) is 5.52. The Hall–Kier alpha value is -0.120. The van der Waals surface area contributed by atoms with E-state index in [9.17, 15) is 5.11 Å². The second kappa shape index (κ2) is 3.73. The van der Waals surface area contributed by atoms with E-state index in [2.05, 4.69) is 30.9 Å². The van der Waals surface area contributed by atoms with Crippen molar-refractivity contribution in [1.29, 1.82) is 0 Å². The molecule has 1 fully saturated rings. The van der Waals surface area contributed by atoms with Crippen molar-refractivity contribution in [1.82, 2.24) is 9.80 Å². The van der Waals surface area contributed by atoms with Gasteiger partial charge < -0.3 is 14.9 Å². The van der Waals surface area contributed by atoms with Gasteiger partial charge in [-0.05, 0) is 34.0 Å². The molecular formula is C9H20N2O. The van der Waals surface area contributed by atoms with Crippen molar-refractivity contribution in [3.05, 3.63) is 0 Å². The lowest BCUT2D eigenvalue weighted by Gasteiger charge is -2.21. The maximum atomic E-state index is 9.61. The van der Waals surface area contributed by atoms with Crippen LogP contribution in [0.2, 0.25) is 0 Å². The number of nitrogens with zero attached hydrogens (tertiary/aromatic N) is 2. The Kier molecular flexibility index (Phi) is 3.09. The van der Waals surface area contributed by atoms with Crippen LogP contribution in [-0.2, 0) is 0 Å². The molecule has 72 valence electrons. The second-order valence-electron chi connectivity index (χ2n) is 4.27. The van der Waals surface area contributed by atoms with Gasteiger partial charge in [-0.15, -0.1) is 0 Å². The predicted molar refractivity (Wildman–Crippen MR) is 50.2 cm³/mol. The minimum absolute atomic E-state index is 0.332. The molecule has 0 atom stereocenters. The van der Waals surface area contributed by atoms with Gasteiger partial charge in [0.15, 0.2) is 0 Å². The van der Waals surface area contributed by atoms with Crippen molar-refractivity contribution < 1.29 is 5.11 Å². The summed E-state index contributed by atoms with van der Waals surface area (Å²) >= 11 is 0. The summed E-state index contributed by atoms with van der Waals surface area (Å²) in [5, 5.41) is 9.61. The quantitative estimate of drug-likeness (QED) is 0.632. The van der Waals surface area contributed by atoms with Crippen molar-refractivity contribution in [2.24, 2.45) is 0 Å². The third-order valence-corrected chi connectivity index (χ3v) is 2.32. The normalized spacial score (nSPS) is 20.5. The molecule has 0 aromatic rings. The number of hydrogen-bond acceptors (Lipinski definition) is 3. The Morgan fingerprint density at radius 1 is 1.17 bits per heavy atom. The Balaban J connectivity index is 2.07. The highest BCUT2D eigenvalue weighted by molar-refractivity contribution is 4.95. The van der Waals surface area contributed by atoms with Crippen LogP contribution < -0.4 is 0 Å². The van der Waals surface area contributed by atoms with Crippen LogP contribution in [0.3, 0.4) is 0 Å². The van der Waals surface area contributed by atoms with Gasteiger partial charge in [-0.1, -0.05) is 0 Å². The van der Waals surface area contributed by atoms with Crippen molar-refractivity contribution in [3.63, 3.8) is 0 Å².